The lowest BCUT2D eigenvalue weighted by atomic mass is 10.1. The summed E-state index contributed by atoms with van der Waals surface area (Å²) in [5.74, 6) is -1.02. The predicted octanol–water partition coefficient (Wildman–Crippen LogP) is 1.49. The third-order valence-electron chi connectivity index (χ3n) is 3.07. The average molecular weight is 293 g/mol. The van der Waals surface area contributed by atoms with Gasteiger partial charge in [0.15, 0.2) is 0 Å². The second-order valence-corrected chi connectivity index (χ2v) is 5.96. The zero-order valence-corrected chi connectivity index (χ0v) is 12.4. The number of esters is 1. The quantitative estimate of drug-likeness (QED) is 0.844. The van der Waals surface area contributed by atoms with Crippen LogP contribution < -0.4 is 4.90 Å². The zero-order chi connectivity index (χ0) is 15.6. The molecule has 0 aromatic carbocycles. The van der Waals surface area contributed by atoms with Crippen molar-refractivity contribution >= 4 is 17.9 Å². The molecule has 0 unspecified atom stereocenters. The third-order valence-corrected chi connectivity index (χ3v) is 3.07. The van der Waals surface area contributed by atoms with Crippen molar-refractivity contribution in [1.29, 1.82) is 0 Å². The first kappa shape index (κ1) is 15.2. The molecule has 2 rings (SSSR count). The molecular formula is C14H19N3O4. The summed E-state index contributed by atoms with van der Waals surface area (Å²) in [7, 11) is 0. The molecule has 0 spiro atoms. The number of carbonyl (C=O) groups is 2. The van der Waals surface area contributed by atoms with Crippen molar-refractivity contribution in [3.8, 4) is 0 Å². The molecule has 1 aromatic heterocycles. The third kappa shape index (κ3) is 3.68. The fraction of sp³-hybridized carbons (Fsp3) is 0.571. The second kappa shape index (κ2) is 5.67. The van der Waals surface area contributed by atoms with Crippen molar-refractivity contribution in [2.45, 2.75) is 45.3 Å². The Kier molecular flexibility index (Phi) is 4.11. The molecule has 0 saturated carbocycles. The van der Waals surface area contributed by atoms with Crippen molar-refractivity contribution in [2.24, 2.45) is 0 Å². The van der Waals surface area contributed by atoms with Gasteiger partial charge in [-0.3, -0.25) is 0 Å². The molecular weight excluding hydrogens is 274 g/mol. The minimum Gasteiger partial charge on any atom is -0.478 e. The number of anilines is 1. The first-order chi connectivity index (χ1) is 9.78. The first-order valence-electron chi connectivity index (χ1n) is 6.83. The van der Waals surface area contributed by atoms with E-state index < -0.39 is 17.6 Å². The monoisotopic (exact) mass is 293 g/mol. The lowest BCUT2D eigenvalue weighted by molar-refractivity contribution is -0.156. The van der Waals surface area contributed by atoms with Gasteiger partial charge in [-0.05, 0) is 33.6 Å². The molecule has 0 aliphatic carbocycles. The highest BCUT2D eigenvalue weighted by Crippen LogP contribution is 2.24. The average Bonchev–Trinajstić information content (AvgIpc) is 2.86. The molecule has 0 amide bonds. The molecule has 7 heteroatoms. The fourth-order valence-corrected chi connectivity index (χ4v) is 2.20. The smallest absolute Gasteiger partial charge is 0.338 e. The van der Waals surface area contributed by atoms with Crippen LogP contribution in [0.2, 0.25) is 0 Å². The van der Waals surface area contributed by atoms with E-state index in [4.69, 9.17) is 9.84 Å². The van der Waals surface area contributed by atoms with Gasteiger partial charge in [0.2, 0.25) is 5.95 Å². The Balaban J connectivity index is 2.14. The summed E-state index contributed by atoms with van der Waals surface area (Å²) in [5.41, 5.74) is -0.522. The minimum atomic E-state index is -1.08. The molecule has 1 N–H and O–H groups in total. The van der Waals surface area contributed by atoms with E-state index in [1.807, 2.05) is 20.8 Å². The number of hydrogen-bond donors (Lipinski definition) is 1. The van der Waals surface area contributed by atoms with Gasteiger partial charge < -0.3 is 14.7 Å². The van der Waals surface area contributed by atoms with E-state index in [2.05, 4.69) is 9.97 Å². The van der Waals surface area contributed by atoms with Gasteiger partial charge in [0.05, 0.1) is 5.56 Å². The molecule has 2 heterocycles. The summed E-state index contributed by atoms with van der Waals surface area (Å²) in [4.78, 5) is 32.8. The summed E-state index contributed by atoms with van der Waals surface area (Å²) in [6.45, 7) is 6.11. The Morgan fingerprint density at radius 3 is 2.48 bits per heavy atom. The number of carboxylic acid groups (broad SMARTS) is 1. The van der Waals surface area contributed by atoms with Crippen LogP contribution in [0.25, 0.3) is 0 Å². The number of rotatable bonds is 3. The summed E-state index contributed by atoms with van der Waals surface area (Å²) < 4.78 is 5.41. The van der Waals surface area contributed by atoms with Gasteiger partial charge >= 0.3 is 11.9 Å². The van der Waals surface area contributed by atoms with Crippen molar-refractivity contribution in [2.75, 3.05) is 11.4 Å². The van der Waals surface area contributed by atoms with Crippen LogP contribution in [0.4, 0.5) is 5.95 Å². The van der Waals surface area contributed by atoms with E-state index in [1.165, 1.54) is 12.4 Å². The van der Waals surface area contributed by atoms with Gasteiger partial charge in [-0.1, -0.05) is 0 Å². The fourth-order valence-electron chi connectivity index (χ4n) is 2.20. The highest BCUT2D eigenvalue weighted by Gasteiger charge is 2.35. The van der Waals surface area contributed by atoms with Crippen molar-refractivity contribution in [1.82, 2.24) is 9.97 Å². The van der Waals surface area contributed by atoms with Gasteiger partial charge in [-0.2, -0.15) is 0 Å². The highest BCUT2D eigenvalue weighted by atomic mass is 16.6. The predicted molar refractivity (Wildman–Crippen MR) is 75.2 cm³/mol. The van der Waals surface area contributed by atoms with Gasteiger partial charge in [0, 0.05) is 18.9 Å². The molecule has 0 radical (unpaired) electrons. The van der Waals surface area contributed by atoms with Crippen molar-refractivity contribution < 1.29 is 19.4 Å². The Labute approximate surface area is 123 Å². The maximum atomic E-state index is 12.2. The molecule has 114 valence electrons. The van der Waals surface area contributed by atoms with Crippen LogP contribution in [-0.2, 0) is 9.53 Å². The van der Waals surface area contributed by atoms with Crippen LogP contribution in [-0.4, -0.2) is 45.2 Å². The number of ether oxygens (including phenoxy) is 1. The van der Waals surface area contributed by atoms with Crippen LogP contribution in [0.3, 0.4) is 0 Å². The second-order valence-electron chi connectivity index (χ2n) is 5.96. The Bertz CT molecular complexity index is 536. The number of aromatic carboxylic acids is 1. The van der Waals surface area contributed by atoms with E-state index in [1.54, 1.807) is 4.90 Å². The van der Waals surface area contributed by atoms with Crippen LogP contribution in [0.15, 0.2) is 12.4 Å². The Morgan fingerprint density at radius 1 is 1.33 bits per heavy atom. The van der Waals surface area contributed by atoms with E-state index in [9.17, 15) is 9.59 Å². The zero-order valence-electron chi connectivity index (χ0n) is 12.4. The number of carboxylic acids is 1. The molecule has 21 heavy (non-hydrogen) atoms. The molecule has 1 aliphatic rings. The molecule has 1 fully saturated rings. The normalized spacial score (nSPS) is 18.6. The van der Waals surface area contributed by atoms with Gasteiger partial charge in [0.1, 0.15) is 11.6 Å². The van der Waals surface area contributed by atoms with E-state index in [0.29, 0.717) is 18.9 Å². The van der Waals surface area contributed by atoms with Crippen LogP contribution in [0.1, 0.15) is 44.0 Å². The van der Waals surface area contributed by atoms with Gasteiger partial charge in [-0.25, -0.2) is 19.6 Å². The molecule has 1 saturated heterocycles. The Hall–Kier alpha value is -2.18. The summed E-state index contributed by atoms with van der Waals surface area (Å²) >= 11 is 0. The minimum absolute atomic E-state index is 0.0202. The molecule has 7 nitrogen and oxygen atoms in total. The molecule has 0 bridgehead atoms. The lowest BCUT2D eigenvalue weighted by Crippen LogP contribution is -2.41. The van der Waals surface area contributed by atoms with Crippen molar-refractivity contribution in [3.63, 3.8) is 0 Å². The number of nitrogens with zero attached hydrogens (tertiary/aromatic N) is 3. The van der Waals surface area contributed by atoms with Gasteiger partial charge in [-0.15, -0.1) is 0 Å². The molecule has 1 aromatic rings. The highest BCUT2D eigenvalue weighted by molar-refractivity contribution is 5.87. The number of aromatic nitrogens is 2. The largest absolute Gasteiger partial charge is 0.478 e. The topological polar surface area (TPSA) is 92.6 Å². The van der Waals surface area contributed by atoms with Crippen LogP contribution in [0, 0.1) is 0 Å². The standard InChI is InChI=1S/C14H19N3O4/c1-14(2,3)21-12(20)10-5-4-6-17(10)13-15-7-9(8-16-13)11(18)19/h7-8,10H,4-6H2,1-3H3,(H,18,19)/t10-/m1/s1. The first-order valence-corrected chi connectivity index (χ1v) is 6.83. The Morgan fingerprint density at radius 2 is 1.95 bits per heavy atom. The molecule has 1 aliphatic heterocycles. The SMILES string of the molecule is CC(C)(C)OC(=O)[C@H]1CCCN1c1ncc(C(=O)O)cn1. The van der Waals surface area contributed by atoms with E-state index >= 15 is 0 Å². The van der Waals surface area contributed by atoms with Crippen LogP contribution in [0.5, 0.6) is 0 Å². The lowest BCUT2D eigenvalue weighted by Gasteiger charge is -2.27. The number of hydrogen-bond acceptors (Lipinski definition) is 6. The van der Waals surface area contributed by atoms with Gasteiger partial charge in [0.25, 0.3) is 0 Å². The summed E-state index contributed by atoms with van der Waals surface area (Å²) in [6.07, 6.45) is 4.01. The van der Waals surface area contributed by atoms with E-state index in [0.717, 1.165) is 6.42 Å². The van der Waals surface area contributed by atoms with E-state index in [-0.39, 0.29) is 11.5 Å². The summed E-state index contributed by atoms with van der Waals surface area (Å²) in [6, 6.07) is -0.417. The van der Waals surface area contributed by atoms with Crippen molar-refractivity contribution in [3.05, 3.63) is 18.0 Å². The number of carbonyl (C=O) groups excluding carboxylic acids is 1. The van der Waals surface area contributed by atoms with Crippen LogP contribution >= 0.6 is 0 Å². The maximum absolute atomic E-state index is 12.2. The maximum Gasteiger partial charge on any atom is 0.338 e. The molecule has 1 atom stereocenters. The summed E-state index contributed by atoms with van der Waals surface area (Å²) in [5, 5.41) is 8.84.